The Hall–Kier alpha value is -1.84. The topological polar surface area (TPSA) is 33.0 Å². The first-order valence-electron chi connectivity index (χ1n) is 3.91. The minimum absolute atomic E-state index is 0.545. The normalized spacial score (nSPS) is 11.3. The van der Waals surface area contributed by atoms with E-state index >= 15 is 0 Å². The van der Waals surface area contributed by atoms with Gasteiger partial charge in [-0.2, -0.15) is 5.26 Å². The van der Waals surface area contributed by atoms with Crippen LogP contribution in [-0.4, -0.2) is 6.36 Å². The van der Waals surface area contributed by atoms with Gasteiger partial charge in [0.05, 0.1) is 11.6 Å². The molecule has 7 heteroatoms. The molecule has 0 amide bonds. The summed E-state index contributed by atoms with van der Waals surface area (Å²) in [7, 11) is 0. The molecule has 1 aromatic carbocycles. The minimum atomic E-state index is -4.92. The molecule has 0 fully saturated rings. The Labute approximate surface area is 86.9 Å². The van der Waals surface area contributed by atoms with Crippen molar-refractivity contribution in [3.8, 4) is 11.8 Å². The molecule has 1 aromatic rings. The van der Waals surface area contributed by atoms with Gasteiger partial charge in [-0.1, -0.05) is 0 Å². The van der Waals surface area contributed by atoms with Crippen LogP contribution in [0.25, 0.3) is 0 Å². The molecule has 0 saturated carbocycles. The smallest absolute Gasteiger partial charge is 0.406 e. The second-order valence-electron chi connectivity index (χ2n) is 2.71. The van der Waals surface area contributed by atoms with Crippen LogP contribution in [0.4, 0.5) is 22.0 Å². The van der Waals surface area contributed by atoms with E-state index in [9.17, 15) is 22.0 Å². The summed E-state index contributed by atoms with van der Waals surface area (Å²) in [5.41, 5.74) is -1.17. The van der Waals surface area contributed by atoms with E-state index in [-0.39, 0.29) is 0 Å². The zero-order valence-electron chi connectivity index (χ0n) is 7.55. The fourth-order valence-corrected chi connectivity index (χ4v) is 1.02. The van der Waals surface area contributed by atoms with E-state index in [1.807, 2.05) is 0 Å². The second-order valence-corrected chi connectivity index (χ2v) is 2.71. The maximum atomic E-state index is 12.3. The van der Waals surface area contributed by atoms with E-state index in [4.69, 9.17) is 5.26 Å². The summed E-state index contributed by atoms with van der Waals surface area (Å²) in [5.74, 6) is -0.701. The molecule has 16 heavy (non-hydrogen) atoms. The highest BCUT2D eigenvalue weighted by molar-refractivity contribution is 5.43. The quantitative estimate of drug-likeness (QED) is 0.738. The fourth-order valence-electron chi connectivity index (χ4n) is 1.02. The molecular formula is C9H4F5NO. The summed E-state index contributed by atoms with van der Waals surface area (Å²) in [5, 5.41) is 8.47. The molecule has 0 aliphatic rings. The van der Waals surface area contributed by atoms with E-state index in [1.54, 1.807) is 0 Å². The molecule has 0 saturated heterocycles. The first-order valence-corrected chi connectivity index (χ1v) is 3.91. The number of benzene rings is 1. The maximum absolute atomic E-state index is 12.3. The lowest BCUT2D eigenvalue weighted by Crippen LogP contribution is -2.17. The van der Waals surface area contributed by atoms with Crippen molar-refractivity contribution in [1.29, 1.82) is 5.26 Å². The molecule has 0 radical (unpaired) electrons. The number of nitrogens with zero attached hydrogens (tertiary/aromatic N) is 1. The molecule has 0 aliphatic heterocycles. The number of halogens is 5. The number of ether oxygens (including phenoxy) is 1. The van der Waals surface area contributed by atoms with Crippen LogP contribution in [0.1, 0.15) is 17.6 Å². The summed E-state index contributed by atoms with van der Waals surface area (Å²) in [6, 6.07) is 3.45. The average molecular weight is 237 g/mol. The number of hydrogen-bond donors (Lipinski definition) is 0. The van der Waals surface area contributed by atoms with Crippen molar-refractivity contribution in [2.75, 3.05) is 0 Å². The Balaban J connectivity index is 3.06. The highest BCUT2D eigenvalue weighted by atomic mass is 19.4. The Morgan fingerprint density at radius 3 is 2.31 bits per heavy atom. The largest absolute Gasteiger partial charge is 0.573 e. The minimum Gasteiger partial charge on any atom is -0.406 e. The Morgan fingerprint density at radius 2 is 1.88 bits per heavy atom. The molecule has 0 aromatic heterocycles. The highest BCUT2D eigenvalue weighted by Crippen LogP contribution is 2.28. The van der Waals surface area contributed by atoms with E-state index in [2.05, 4.69) is 4.74 Å². The molecule has 0 heterocycles. The molecule has 1 rings (SSSR count). The van der Waals surface area contributed by atoms with Gasteiger partial charge in [-0.15, -0.1) is 13.2 Å². The predicted molar refractivity (Wildman–Crippen MR) is 42.8 cm³/mol. The highest BCUT2D eigenvalue weighted by Gasteiger charge is 2.31. The van der Waals surface area contributed by atoms with Crippen molar-refractivity contribution in [1.82, 2.24) is 0 Å². The zero-order chi connectivity index (χ0) is 12.3. The lowest BCUT2D eigenvalue weighted by Gasteiger charge is -2.10. The second kappa shape index (κ2) is 4.35. The van der Waals surface area contributed by atoms with Gasteiger partial charge in [0, 0.05) is 5.56 Å². The van der Waals surface area contributed by atoms with Gasteiger partial charge in [0.1, 0.15) is 5.75 Å². The fraction of sp³-hybridized carbons (Fsp3) is 0.222. The Morgan fingerprint density at radius 1 is 1.25 bits per heavy atom. The van der Waals surface area contributed by atoms with Gasteiger partial charge < -0.3 is 4.74 Å². The van der Waals surface area contributed by atoms with Gasteiger partial charge in [-0.3, -0.25) is 0 Å². The van der Waals surface area contributed by atoms with Crippen LogP contribution in [0.15, 0.2) is 18.2 Å². The number of nitriles is 1. The van der Waals surface area contributed by atoms with Gasteiger partial charge in [0.15, 0.2) is 0 Å². The van der Waals surface area contributed by atoms with Crippen molar-refractivity contribution < 1.29 is 26.7 Å². The van der Waals surface area contributed by atoms with Crippen LogP contribution in [0, 0.1) is 11.3 Å². The molecule has 0 N–H and O–H groups in total. The van der Waals surface area contributed by atoms with Crippen molar-refractivity contribution >= 4 is 0 Å². The molecule has 0 atom stereocenters. The number of alkyl halides is 5. The van der Waals surface area contributed by atoms with Crippen LogP contribution in [0.5, 0.6) is 5.75 Å². The maximum Gasteiger partial charge on any atom is 0.573 e. The number of rotatable bonds is 2. The Kier molecular flexibility index (Phi) is 3.32. The third kappa shape index (κ3) is 3.08. The van der Waals surface area contributed by atoms with Gasteiger partial charge in [0.25, 0.3) is 6.43 Å². The molecule has 0 aliphatic carbocycles. The van der Waals surface area contributed by atoms with Crippen molar-refractivity contribution in [3.05, 3.63) is 29.3 Å². The molecular weight excluding hydrogens is 233 g/mol. The van der Waals surface area contributed by atoms with Crippen LogP contribution in [0.2, 0.25) is 0 Å². The number of hydrogen-bond acceptors (Lipinski definition) is 2. The van der Waals surface area contributed by atoms with Crippen LogP contribution >= 0.6 is 0 Å². The SMILES string of the molecule is N#Cc1cc(OC(F)(F)F)ccc1C(F)F. The Bertz CT molecular complexity index is 421. The van der Waals surface area contributed by atoms with Gasteiger partial charge in [-0.05, 0) is 18.2 Å². The summed E-state index contributed by atoms with van der Waals surface area (Å²) < 4.78 is 63.4. The van der Waals surface area contributed by atoms with E-state index < -0.39 is 29.7 Å². The lowest BCUT2D eigenvalue weighted by atomic mass is 10.1. The molecule has 0 unspecified atom stereocenters. The third-order valence-corrected chi connectivity index (χ3v) is 1.61. The van der Waals surface area contributed by atoms with E-state index in [0.29, 0.717) is 6.07 Å². The van der Waals surface area contributed by atoms with Gasteiger partial charge in [0.2, 0.25) is 0 Å². The lowest BCUT2D eigenvalue weighted by molar-refractivity contribution is -0.274. The standard InChI is InChI=1S/C9H4F5NO/c10-8(11)7-2-1-6(3-5(7)4-15)16-9(12,13)14/h1-3,8H. The monoisotopic (exact) mass is 237 g/mol. The zero-order valence-corrected chi connectivity index (χ0v) is 7.55. The first-order chi connectivity index (χ1) is 7.33. The predicted octanol–water partition coefficient (Wildman–Crippen LogP) is 3.39. The van der Waals surface area contributed by atoms with Crippen molar-refractivity contribution in [2.45, 2.75) is 12.8 Å². The van der Waals surface area contributed by atoms with Gasteiger partial charge >= 0.3 is 6.36 Å². The van der Waals surface area contributed by atoms with Gasteiger partial charge in [-0.25, -0.2) is 8.78 Å². The first kappa shape index (κ1) is 12.2. The van der Waals surface area contributed by atoms with E-state index in [1.165, 1.54) is 6.07 Å². The van der Waals surface area contributed by atoms with Crippen LogP contribution in [0.3, 0.4) is 0 Å². The summed E-state index contributed by atoms with van der Waals surface area (Å²) >= 11 is 0. The van der Waals surface area contributed by atoms with E-state index in [0.717, 1.165) is 12.1 Å². The summed E-state index contributed by atoms with van der Waals surface area (Å²) in [6.07, 6.45) is -7.84. The van der Waals surface area contributed by atoms with Crippen molar-refractivity contribution in [3.63, 3.8) is 0 Å². The summed E-state index contributed by atoms with van der Waals surface area (Å²) in [4.78, 5) is 0. The molecule has 0 bridgehead atoms. The summed E-state index contributed by atoms with van der Waals surface area (Å²) in [6.45, 7) is 0. The van der Waals surface area contributed by atoms with Crippen LogP contribution in [-0.2, 0) is 0 Å². The van der Waals surface area contributed by atoms with Crippen LogP contribution < -0.4 is 4.74 Å². The average Bonchev–Trinajstić information content (AvgIpc) is 2.14. The molecule has 86 valence electrons. The van der Waals surface area contributed by atoms with Crippen molar-refractivity contribution in [2.24, 2.45) is 0 Å². The molecule has 0 spiro atoms. The molecule has 2 nitrogen and oxygen atoms in total. The third-order valence-electron chi connectivity index (χ3n) is 1.61.